The number of carbonyl (C=O) groups excluding carboxylic acids is 2. The lowest BCUT2D eigenvalue weighted by Crippen LogP contribution is -2.44. The molecule has 26 heavy (non-hydrogen) atoms. The van der Waals surface area contributed by atoms with E-state index in [0.717, 1.165) is 35.1 Å². The Bertz CT molecular complexity index is 836. The van der Waals surface area contributed by atoms with Crippen LogP contribution in [0.3, 0.4) is 0 Å². The number of amides is 2. The van der Waals surface area contributed by atoms with Crippen molar-refractivity contribution in [1.29, 1.82) is 0 Å². The van der Waals surface area contributed by atoms with Gasteiger partial charge in [0.2, 0.25) is 5.91 Å². The largest absolute Gasteiger partial charge is 0.337 e. The quantitative estimate of drug-likeness (QED) is 0.808. The summed E-state index contributed by atoms with van der Waals surface area (Å²) in [4.78, 5) is 37.7. The number of aryl methyl sites for hydroxylation is 2. The van der Waals surface area contributed by atoms with Crippen molar-refractivity contribution in [2.24, 2.45) is 5.41 Å². The minimum atomic E-state index is 0.0108. The van der Waals surface area contributed by atoms with Gasteiger partial charge in [-0.15, -0.1) is 22.7 Å². The fourth-order valence-corrected chi connectivity index (χ4v) is 5.14. The average molecular weight is 391 g/mol. The second kappa shape index (κ2) is 6.74. The summed E-state index contributed by atoms with van der Waals surface area (Å²) in [5, 5.41) is 5.81. The van der Waals surface area contributed by atoms with Crippen molar-refractivity contribution in [1.82, 2.24) is 19.8 Å². The number of carbonyl (C=O) groups is 2. The van der Waals surface area contributed by atoms with Crippen molar-refractivity contribution < 1.29 is 9.59 Å². The highest BCUT2D eigenvalue weighted by molar-refractivity contribution is 7.09. The summed E-state index contributed by atoms with van der Waals surface area (Å²) in [5.41, 5.74) is 1.53. The molecule has 2 aromatic rings. The predicted octanol–water partition coefficient (Wildman–Crippen LogP) is 2.87. The number of thiazole rings is 2. The lowest BCUT2D eigenvalue weighted by atomic mass is 9.77. The molecule has 8 heteroatoms. The van der Waals surface area contributed by atoms with Crippen LogP contribution >= 0.6 is 22.7 Å². The molecular weight excluding hydrogens is 368 g/mol. The van der Waals surface area contributed by atoms with Gasteiger partial charge >= 0.3 is 0 Å². The van der Waals surface area contributed by atoms with E-state index in [4.69, 9.17) is 0 Å². The van der Waals surface area contributed by atoms with Gasteiger partial charge in [-0.05, 0) is 26.7 Å². The van der Waals surface area contributed by atoms with Crippen LogP contribution in [0.15, 0.2) is 10.8 Å². The molecule has 1 spiro atoms. The van der Waals surface area contributed by atoms with Gasteiger partial charge in [0, 0.05) is 42.2 Å². The number of hydrogen-bond acceptors (Lipinski definition) is 6. The molecule has 2 amide bonds. The van der Waals surface area contributed by atoms with Crippen molar-refractivity contribution in [2.45, 2.75) is 39.7 Å². The Hall–Kier alpha value is -1.80. The summed E-state index contributed by atoms with van der Waals surface area (Å²) in [7, 11) is 0. The summed E-state index contributed by atoms with van der Waals surface area (Å²) in [6.45, 7) is 6.68. The Labute approximate surface area is 160 Å². The van der Waals surface area contributed by atoms with Gasteiger partial charge in [0.25, 0.3) is 5.91 Å². The van der Waals surface area contributed by atoms with Gasteiger partial charge < -0.3 is 9.80 Å². The maximum absolute atomic E-state index is 12.6. The highest BCUT2D eigenvalue weighted by Crippen LogP contribution is 2.41. The molecule has 0 unspecified atom stereocenters. The molecule has 2 aliphatic heterocycles. The van der Waals surface area contributed by atoms with Crippen LogP contribution in [0.4, 0.5) is 0 Å². The molecule has 0 saturated carbocycles. The molecule has 0 N–H and O–H groups in total. The first-order valence-electron chi connectivity index (χ1n) is 8.84. The maximum atomic E-state index is 12.6. The third-order valence-electron chi connectivity index (χ3n) is 5.37. The van der Waals surface area contributed by atoms with Crippen LogP contribution in [-0.4, -0.2) is 51.2 Å². The van der Waals surface area contributed by atoms with Crippen LogP contribution in [0.5, 0.6) is 0 Å². The molecule has 2 aromatic heterocycles. The zero-order chi connectivity index (χ0) is 18.3. The Morgan fingerprint density at radius 3 is 2.46 bits per heavy atom. The zero-order valence-electron chi connectivity index (χ0n) is 15.0. The van der Waals surface area contributed by atoms with Crippen LogP contribution in [-0.2, 0) is 11.3 Å². The number of aromatic nitrogens is 2. The van der Waals surface area contributed by atoms with Gasteiger partial charge in [-0.25, -0.2) is 9.97 Å². The molecule has 2 saturated heterocycles. The van der Waals surface area contributed by atoms with E-state index in [0.29, 0.717) is 31.7 Å². The van der Waals surface area contributed by atoms with Crippen LogP contribution in [0, 0.1) is 19.3 Å². The second-order valence-electron chi connectivity index (χ2n) is 7.33. The Morgan fingerprint density at radius 2 is 1.85 bits per heavy atom. The smallest absolute Gasteiger partial charge is 0.273 e. The minimum Gasteiger partial charge on any atom is -0.337 e. The standard InChI is InChI=1S/C18H22N4O2S2/c1-12-19-14(9-25-12)8-22-11-18(7-16(22)23)3-5-21(6-4-18)17(24)15-10-26-13(2)20-15/h9-10H,3-8,11H2,1-2H3. The minimum absolute atomic E-state index is 0.0108. The fraction of sp³-hybridized carbons (Fsp3) is 0.556. The first-order valence-corrected chi connectivity index (χ1v) is 10.6. The molecule has 2 aliphatic rings. The lowest BCUT2D eigenvalue weighted by Gasteiger charge is -2.38. The SMILES string of the molecule is Cc1nc(CN2CC3(CCN(C(=O)c4csc(C)n4)CC3)CC2=O)cs1. The second-order valence-corrected chi connectivity index (χ2v) is 9.45. The van der Waals surface area contributed by atoms with Gasteiger partial charge in [0.05, 0.1) is 22.3 Å². The number of rotatable bonds is 3. The molecule has 0 aromatic carbocycles. The van der Waals surface area contributed by atoms with Crippen LogP contribution in [0.1, 0.15) is 45.5 Å². The van der Waals surface area contributed by atoms with Crippen molar-refractivity contribution in [3.63, 3.8) is 0 Å². The van der Waals surface area contributed by atoms with Crippen LogP contribution < -0.4 is 0 Å². The molecule has 0 aliphatic carbocycles. The first-order chi connectivity index (χ1) is 12.4. The monoisotopic (exact) mass is 390 g/mol. The summed E-state index contributed by atoms with van der Waals surface area (Å²) < 4.78 is 0. The molecule has 4 heterocycles. The normalized spacial score (nSPS) is 19.5. The van der Waals surface area contributed by atoms with Crippen LogP contribution in [0.25, 0.3) is 0 Å². The Morgan fingerprint density at radius 1 is 1.15 bits per heavy atom. The average Bonchev–Trinajstić information content (AvgIpc) is 3.29. The van der Waals surface area contributed by atoms with Gasteiger partial charge in [0.1, 0.15) is 5.69 Å². The Balaban J connectivity index is 1.37. The van der Waals surface area contributed by atoms with Gasteiger partial charge in [0.15, 0.2) is 0 Å². The fourth-order valence-electron chi connectivity index (χ4n) is 3.94. The van der Waals surface area contributed by atoms with E-state index in [9.17, 15) is 9.59 Å². The van der Waals surface area contributed by atoms with E-state index < -0.39 is 0 Å². The van der Waals surface area contributed by atoms with E-state index >= 15 is 0 Å². The zero-order valence-corrected chi connectivity index (χ0v) is 16.7. The molecule has 0 radical (unpaired) electrons. The maximum Gasteiger partial charge on any atom is 0.273 e. The van der Waals surface area contributed by atoms with Crippen LogP contribution in [0.2, 0.25) is 0 Å². The van der Waals surface area contributed by atoms with Gasteiger partial charge in [-0.1, -0.05) is 0 Å². The third-order valence-corrected chi connectivity index (χ3v) is 6.97. The van der Waals surface area contributed by atoms with Crippen molar-refractivity contribution in [3.05, 3.63) is 32.2 Å². The summed E-state index contributed by atoms with van der Waals surface area (Å²) in [5.74, 6) is 0.230. The molecule has 0 atom stereocenters. The number of likely N-dealkylation sites (tertiary alicyclic amines) is 2. The van der Waals surface area contributed by atoms with E-state index in [1.807, 2.05) is 34.4 Å². The number of hydrogen-bond donors (Lipinski definition) is 0. The Kier molecular flexibility index (Phi) is 4.56. The first kappa shape index (κ1) is 17.6. The molecular formula is C18H22N4O2S2. The number of nitrogens with zero attached hydrogens (tertiary/aromatic N) is 4. The molecule has 6 nitrogen and oxygen atoms in total. The van der Waals surface area contributed by atoms with Gasteiger partial charge in [-0.3, -0.25) is 9.59 Å². The predicted molar refractivity (Wildman–Crippen MR) is 101 cm³/mol. The highest BCUT2D eigenvalue weighted by atomic mass is 32.1. The summed E-state index contributed by atoms with van der Waals surface area (Å²) in [6.07, 6.45) is 2.34. The van der Waals surface area contributed by atoms with E-state index in [2.05, 4.69) is 9.97 Å². The third kappa shape index (κ3) is 3.40. The molecule has 0 bridgehead atoms. The van der Waals surface area contributed by atoms with Crippen molar-refractivity contribution in [3.8, 4) is 0 Å². The molecule has 4 rings (SSSR count). The van der Waals surface area contributed by atoms with E-state index in [1.165, 1.54) is 11.3 Å². The lowest BCUT2D eigenvalue weighted by molar-refractivity contribution is -0.128. The van der Waals surface area contributed by atoms with E-state index in [1.54, 1.807) is 11.3 Å². The molecule has 138 valence electrons. The summed E-state index contributed by atoms with van der Waals surface area (Å²) >= 11 is 3.12. The summed E-state index contributed by atoms with van der Waals surface area (Å²) in [6, 6.07) is 0. The van der Waals surface area contributed by atoms with E-state index in [-0.39, 0.29) is 17.2 Å². The van der Waals surface area contributed by atoms with Crippen molar-refractivity contribution in [2.75, 3.05) is 19.6 Å². The molecule has 2 fully saturated rings. The van der Waals surface area contributed by atoms with Crippen molar-refractivity contribution >= 4 is 34.5 Å². The van der Waals surface area contributed by atoms with Gasteiger partial charge in [-0.2, -0.15) is 0 Å². The highest BCUT2D eigenvalue weighted by Gasteiger charge is 2.45. The number of piperidine rings is 1. The topological polar surface area (TPSA) is 66.4 Å².